The van der Waals surface area contributed by atoms with Crippen LogP contribution in [0.15, 0.2) is 29.2 Å². The quantitative estimate of drug-likeness (QED) is 0.320. The lowest BCUT2D eigenvalue weighted by Crippen LogP contribution is -2.50. The summed E-state index contributed by atoms with van der Waals surface area (Å²) in [6, 6.07) is 5.17. The number of H-pyrrole nitrogens is 1. The number of fused-ring (bicyclic) bond motifs is 1. The summed E-state index contributed by atoms with van der Waals surface area (Å²) in [6.45, 7) is 1.33. The molecule has 1 aromatic carbocycles. The highest BCUT2D eigenvalue weighted by Crippen LogP contribution is 2.26. The van der Waals surface area contributed by atoms with Crippen LogP contribution in [0, 0.1) is 0 Å². The van der Waals surface area contributed by atoms with E-state index in [2.05, 4.69) is 20.4 Å². The van der Waals surface area contributed by atoms with Crippen LogP contribution < -0.4 is 10.9 Å². The minimum atomic E-state index is -1.48. The van der Waals surface area contributed by atoms with Crippen LogP contribution in [0.1, 0.15) is 24.4 Å². The number of aromatic amines is 1. The lowest BCUT2D eigenvalue weighted by atomic mass is 10.0. The van der Waals surface area contributed by atoms with Crippen molar-refractivity contribution in [2.45, 2.75) is 37.6 Å². The zero-order chi connectivity index (χ0) is 26.0. The van der Waals surface area contributed by atoms with E-state index in [1.54, 1.807) is 46.9 Å². The minimum Gasteiger partial charge on any atom is -0.389 e. The van der Waals surface area contributed by atoms with E-state index in [-0.39, 0.29) is 30.6 Å². The van der Waals surface area contributed by atoms with Crippen molar-refractivity contribution in [3.63, 3.8) is 0 Å². The molecule has 11 nitrogen and oxygen atoms in total. The number of likely N-dealkylation sites (tertiary alicyclic amines) is 1. The first kappa shape index (κ1) is 29.2. The van der Waals surface area contributed by atoms with Crippen molar-refractivity contribution in [2.24, 2.45) is 0 Å². The fourth-order valence-corrected chi connectivity index (χ4v) is 4.64. The number of nitrogens with one attached hydrogen (secondary N) is 2. The number of aliphatic hydroxyl groups excluding tert-OH is 2. The predicted molar refractivity (Wildman–Crippen MR) is 145 cm³/mol. The number of aliphatic hydroxyl groups is 2. The molecule has 0 aliphatic carbocycles. The Morgan fingerprint density at radius 1 is 1.24 bits per heavy atom. The van der Waals surface area contributed by atoms with E-state index in [9.17, 15) is 19.8 Å². The number of amides is 1. The van der Waals surface area contributed by atoms with Crippen LogP contribution in [0.4, 0.5) is 5.95 Å². The SMILES string of the molecule is CN(C)CC(O)C(O)C(=O)N1CCC(n2ncc3nc(NCc4ccc(Cl)c(Cl)c4)[nH]c(=O)c32)CC1.Cl. The van der Waals surface area contributed by atoms with Gasteiger partial charge in [0.25, 0.3) is 11.5 Å². The van der Waals surface area contributed by atoms with Crippen LogP contribution in [0.3, 0.4) is 0 Å². The standard InChI is InChI=1S/C23H29Cl2N7O4.ClH/c1-30(2)12-18(33)20(34)22(36)31-7-5-14(6-8-31)32-19-17(11-27-32)28-23(29-21(19)35)26-10-13-3-4-15(24)16(25)9-13;/h3-4,9,11,14,18,20,33-34H,5-8,10,12H2,1-2H3,(H2,26,28,29,35);1H. The van der Waals surface area contributed by atoms with Gasteiger partial charge in [0.05, 0.1) is 22.3 Å². The number of anilines is 1. The van der Waals surface area contributed by atoms with Gasteiger partial charge in [0, 0.05) is 26.2 Å². The third kappa shape index (κ3) is 6.73. The molecule has 0 spiro atoms. The average molecular weight is 575 g/mol. The maximum Gasteiger partial charge on any atom is 0.278 e. The Morgan fingerprint density at radius 3 is 2.59 bits per heavy atom. The number of likely N-dealkylation sites (N-methyl/N-ethyl adjacent to an activating group) is 1. The first-order valence-corrected chi connectivity index (χ1v) is 12.3. The van der Waals surface area contributed by atoms with Crippen LogP contribution in [0.2, 0.25) is 10.0 Å². The van der Waals surface area contributed by atoms with Crippen molar-refractivity contribution < 1.29 is 15.0 Å². The monoisotopic (exact) mass is 573 g/mol. The molecule has 202 valence electrons. The van der Waals surface area contributed by atoms with Crippen LogP contribution in [-0.4, -0.2) is 91.6 Å². The van der Waals surface area contributed by atoms with E-state index in [4.69, 9.17) is 23.2 Å². The second kappa shape index (κ2) is 12.4. The van der Waals surface area contributed by atoms with E-state index >= 15 is 0 Å². The molecule has 0 bridgehead atoms. The number of carbonyl (C=O) groups excluding carboxylic acids is 1. The van der Waals surface area contributed by atoms with Crippen molar-refractivity contribution >= 4 is 58.5 Å². The first-order valence-electron chi connectivity index (χ1n) is 11.6. The van der Waals surface area contributed by atoms with Crippen LogP contribution >= 0.6 is 35.6 Å². The number of nitrogens with zero attached hydrogens (tertiary/aromatic N) is 5. The summed E-state index contributed by atoms with van der Waals surface area (Å²) in [4.78, 5) is 36.0. The summed E-state index contributed by atoms with van der Waals surface area (Å²) in [6.07, 6.45) is 0.0140. The van der Waals surface area contributed by atoms with Gasteiger partial charge >= 0.3 is 0 Å². The van der Waals surface area contributed by atoms with Gasteiger partial charge < -0.3 is 25.3 Å². The summed E-state index contributed by atoms with van der Waals surface area (Å²) in [5.41, 5.74) is 1.37. The highest BCUT2D eigenvalue weighted by atomic mass is 35.5. The van der Waals surface area contributed by atoms with Gasteiger partial charge in [-0.1, -0.05) is 29.3 Å². The molecule has 1 fully saturated rings. The van der Waals surface area contributed by atoms with E-state index < -0.39 is 18.1 Å². The van der Waals surface area contributed by atoms with Crippen molar-refractivity contribution in [1.82, 2.24) is 29.5 Å². The average Bonchev–Trinajstić information content (AvgIpc) is 3.28. The Kier molecular flexibility index (Phi) is 9.79. The molecular formula is C23H30Cl3N7O4. The Balaban J connectivity index is 0.00000380. The van der Waals surface area contributed by atoms with Gasteiger partial charge in [0.15, 0.2) is 11.6 Å². The maximum atomic E-state index is 12.9. The molecule has 0 radical (unpaired) electrons. The number of hydrogen-bond acceptors (Lipinski definition) is 8. The number of benzene rings is 1. The summed E-state index contributed by atoms with van der Waals surface area (Å²) >= 11 is 12.0. The van der Waals surface area contributed by atoms with E-state index in [1.807, 2.05) is 6.07 Å². The summed E-state index contributed by atoms with van der Waals surface area (Å²) in [5, 5.41) is 28.7. The fraction of sp³-hybridized carbons (Fsp3) is 0.478. The van der Waals surface area contributed by atoms with Crippen molar-refractivity contribution in [1.29, 1.82) is 0 Å². The van der Waals surface area contributed by atoms with Crippen molar-refractivity contribution in [3.05, 3.63) is 50.4 Å². The molecule has 0 saturated carbocycles. The fourth-order valence-electron chi connectivity index (χ4n) is 4.32. The highest BCUT2D eigenvalue weighted by Gasteiger charge is 2.32. The number of rotatable bonds is 8. The Morgan fingerprint density at radius 2 is 1.95 bits per heavy atom. The smallest absolute Gasteiger partial charge is 0.278 e. The zero-order valence-electron chi connectivity index (χ0n) is 20.4. The molecule has 14 heteroatoms. The molecule has 2 unspecified atom stereocenters. The molecule has 2 atom stereocenters. The van der Waals surface area contributed by atoms with Gasteiger partial charge in [-0.3, -0.25) is 19.3 Å². The van der Waals surface area contributed by atoms with Gasteiger partial charge in [0.2, 0.25) is 5.95 Å². The normalized spacial score (nSPS) is 16.0. The third-order valence-electron chi connectivity index (χ3n) is 6.19. The van der Waals surface area contributed by atoms with Crippen LogP contribution in [-0.2, 0) is 11.3 Å². The molecule has 2 aromatic heterocycles. The highest BCUT2D eigenvalue weighted by molar-refractivity contribution is 6.42. The van der Waals surface area contributed by atoms with Crippen molar-refractivity contribution in [3.8, 4) is 0 Å². The number of halogens is 3. The molecule has 3 heterocycles. The largest absolute Gasteiger partial charge is 0.389 e. The molecule has 3 aromatic rings. The molecule has 1 saturated heterocycles. The molecular weight excluding hydrogens is 545 g/mol. The van der Waals surface area contributed by atoms with Crippen LogP contribution in [0.25, 0.3) is 11.0 Å². The number of hydrogen-bond donors (Lipinski definition) is 4. The molecule has 1 aliphatic rings. The first-order chi connectivity index (χ1) is 17.1. The second-order valence-corrected chi connectivity index (χ2v) is 9.98. The lowest BCUT2D eigenvalue weighted by molar-refractivity contribution is -0.148. The van der Waals surface area contributed by atoms with E-state index in [0.29, 0.717) is 59.5 Å². The Labute approximate surface area is 229 Å². The molecule has 4 rings (SSSR count). The Bertz CT molecular complexity index is 1290. The van der Waals surface area contributed by atoms with Crippen LogP contribution in [0.5, 0.6) is 0 Å². The zero-order valence-corrected chi connectivity index (χ0v) is 22.7. The van der Waals surface area contributed by atoms with Gasteiger partial charge in [0.1, 0.15) is 11.6 Å². The van der Waals surface area contributed by atoms with Crippen molar-refractivity contribution in [2.75, 3.05) is 39.0 Å². The minimum absolute atomic E-state index is 0. The Hall–Kier alpha value is -2.41. The molecule has 1 amide bonds. The van der Waals surface area contributed by atoms with Gasteiger partial charge in [-0.15, -0.1) is 12.4 Å². The summed E-state index contributed by atoms with van der Waals surface area (Å²) in [7, 11) is 3.51. The molecule has 37 heavy (non-hydrogen) atoms. The summed E-state index contributed by atoms with van der Waals surface area (Å²) < 4.78 is 1.66. The number of aromatic nitrogens is 4. The summed E-state index contributed by atoms with van der Waals surface area (Å²) in [5.74, 6) is -0.186. The maximum absolute atomic E-state index is 12.9. The molecule has 1 aliphatic heterocycles. The predicted octanol–water partition coefficient (Wildman–Crippen LogP) is 1.91. The molecule has 4 N–H and O–H groups in total. The van der Waals surface area contributed by atoms with Gasteiger partial charge in [-0.05, 0) is 44.6 Å². The topological polar surface area (TPSA) is 140 Å². The van der Waals surface area contributed by atoms with Gasteiger partial charge in [-0.2, -0.15) is 5.10 Å². The lowest BCUT2D eigenvalue weighted by Gasteiger charge is -2.34. The number of piperidine rings is 1. The number of carbonyl (C=O) groups is 1. The third-order valence-corrected chi connectivity index (χ3v) is 6.93. The van der Waals surface area contributed by atoms with E-state index in [0.717, 1.165) is 5.56 Å². The van der Waals surface area contributed by atoms with Gasteiger partial charge in [-0.25, -0.2) is 4.98 Å². The van der Waals surface area contributed by atoms with E-state index in [1.165, 1.54) is 0 Å². The second-order valence-electron chi connectivity index (χ2n) is 9.17.